The van der Waals surface area contributed by atoms with Crippen LogP contribution in [0.1, 0.15) is 52.7 Å². The molecule has 1 aliphatic rings. The van der Waals surface area contributed by atoms with Gasteiger partial charge in [-0.05, 0) is 42.0 Å². The summed E-state index contributed by atoms with van der Waals surface area (Å²) in [6, 6.07) is 16.2. The second-order valence-corrected chi connectivity index (χ2v) is 8.33. The molecule has 1 atom stereocenters. The van der Waals surface area contributed by atoms with Crippen LogP contribution in [0.3, 0.4) is 0 Å². The summed E-state index contributed by atoms with van der Waals surface area (Å²) in [6.45, 7) is 0.342. The third kappa shape index (κ3) is 4.59. The molecule has 1 saturated carbocycles. The summed E-state index contributed by atoms with van der Waals surface area (Å²) in [5.74, 6) is -0.199. The average molecular weight is 409 g/mol. The van der Waals surface area contributed by atoms with E-state index in [1.165, 1.54) is 6.26 Å². The van der Waals surface area contributed by atoms with Gasteiger partial charge >= 0.3 is 0 Å². The van der Waals surface area contributed by atoms with Gasteiger partial charge in [0.05, 0.1) is 12.8 Å². The molecule has 0 unspecified atom stereocenters. The number of hydrogen-bond acceptors (Lipinski definition) is 4. The lowest BCUT2D eigenvalue weighted by Gasteiger charge is -2.31. The first-order valence-electron chi connectivity index (χ1n) is 9.94. The van der Waals surface area contributed by atoms with E-state index in [2.05, 4.69) is 5.32 Å². The van der Waals surface area contributed by atoms with Crippen molar-refractivity contribution in [3.05, 3.63) is 82.4 Å². The fraction of sp³-hybridized carbons (Fsp3) is 0.304. The normalized spacial score (nSPS) is 15.2. The smallest absolute Gasteiger partial charge is 0.290 e. The first kappa shape index (κ1) is 19.5. The summed E-state index contributed by atoms with van der Waals surface area (Å²) >= 11 is 1.57. The van der Waals surface area contributed by atoms with Crippen molar-refractivity contribution in [3.8, 4) is 0 Å². The Balaban J connectivity index is 1.70. The largest absolute Gasteiger partial charge is 0.459 e. The van der Waals surface area contributed by atoms with Crippen LogP contribution < -0.4 is 5.32 Å². The Kier molecular flexibility index (Phi) is 6.10. The predicted octanol–water partition coefficient (Wildman–Crippen LogP) is 4.78. The van der Waals surface area contributed by atoms with E-state index in [0.717, 1.165) is 36.1 Å². The maximum Gasteiger partial charge on any atom is 0.290 e. The molecular formula is C23H24N2O3S. The molecule has 1 N–H and O–H groups in total. The second kappa shape index (κ2) is 9.09. The van der Waals surface area contributed by atoms with Crippen molar-refractivity contribution in [2.24, 2.45) is 0 Å². The van der Waals surface area contributed by atoms with Crippen LogP contribution in [0.15, 0.2) is 70.7 Å². The number of amides is 2. The van der Waals surface area contributed by atoms with Gasteiger partial charge in [-0.1, -0.05) is 49.2 Å². The van der Waals surface area contributed by atoms with Crippen molar-refractivity contribution in [1.29, 1.82) is 0 Å². The number of carbonyl (C=O) groups excluding carboxylic acids is 2. The minimum absolute atomic E-state index is 0.139. The van der Waals surface area contributed by atoms with Gasteiger partial charge in [-0.3, -0.25) is 9.59 Å². The van der Waals surface area contributed by atoms with E-state index in [4.69, 9.17) is 4.42 Å². The lowest BCUT2D eigenvalue weighted by molar-refractivity contribution is -0.126. The molecule has 0 spiro atoms. The number of thiophene rings is 1. The SMILES string of the molecule is O=C(NC1CCCC1)[C@@H](c1ccccc1)N(Cc1cccs1)C(=O)c1ccco1. The Morgan fingerprint density at radius 3 is 2.52 bits per heavy atom. The standard InChI is InChI=1S/C23H24N2O3S/c26-22(24-18-10-4-5-11-18)21(17-8-2-1-3-9-17)25(16-19-12-7-15-29-19)23(27)20-13-6-14-28-20/h1-3,6-9,12-15,18,21H,4-5,10-11,16H2,(H,24,26)/t21-/m1/s1. The highest BCUT2D eigenvalue weighted by Gasteiger charge is 2.34. The van der Waals surface area contributed by atoms with Crippen LogP contribution in [0.25, 0.3) is 0 Å². The third-order valence-corrected chi connectivity index (χ3v) is 6.14. The molecule has 0 saturated heterocycles. The number of nitrogens with zero attached hydrogens (tertiary/aromatic N) is 1. The van der Waals surface area contributed by atoms with Crippen LogP contribution in [0.5, 0.6) is 0 Å². The van der Waals surface area contributed by atoms with Gasteiger partial charge in [-0.25, -0.2) is 0 Å². The topological polar surface area (TPSA) is 62.6 Å². The van der Waals surface area contributed by atoms with Gasteiger partial charge in [0.2, 0.25) is 5.91 Å². The quantitative estimate of drug-likeness (QED) is 0.612. The molecule has 2 amide bonds. The Bertz CT molecular complexity index is 916. The molecule has 2 heterocycles. The van der Waals surface area contributed by atoms with Crippen LogP contribution in [-0.2, 0) is 11.3 Å². The molecule has 2 aromatic heterocycles. The van der Waals surface area contributed by atoms with Crippen molar-refractivity contribution >= 4 is 23.2 Å². The zero-order valence-corrected chi connectivity index (χ0v) is 16.9. The van der Waals surface area contributed by atoms with Crippen LogP contribution in [0, 0.1) is 0 Å². The van der Waals surface area contributed by atoms with Gasteiger partial charge in [-0.2, -0.15) is 0 Å². The first-order chi connectivity index (χ1) is 14.2. The van der Waals surface area contributed by atoms with Crippen LogP contribution in [-0.4, -0.2) is 22.8 Å². The number of nitrogens with one attached hydrogen (secondary N) is 1. The number of benzene rings is 1. The fourth-order valence-corrected chi connectivity index (χ4v) is 4.55. The summed E-state index contributed by atoms with van der Waals surface area (Å²) in [5.41, 5.74) is 0.791. The molecule has 0 bridgehead atoms. The van der Waals surface area contributed by atoms with E-state index in [0.29, 0.717) is 6.54 Å². The van der Waals surface area contributed by atoms with Crippen LogP contribution in [0.2, 0.25) is 0 Å². The van der Waals surface area contributed by atoms with Crippen molar-refractivity contribution in [2.45, 2.75) is 44.3 Å². The van der Waals surface area contributed by atoms with Crippen LogP contribution >= 0.6 is 11.3 Å². The lowest BCUT2D eigenvalue weighted by Crippen LogP contribution is -2.45. The lowest BCUT2D eigenvalue weighted by atomic mass is 10.0. The van der Waals surface area contributed by atoms with E-state index < -0.39 is 6.04 Å². The van der Waals surface area contributed by atoms with Crippen LogP contribution in [0.4, 0.5) is 0 Å². The molecule has 0 radical (unpaired) electrons. The van der Waals surface area contributed by atoms with Gasteiger partial charge in [0, 0.05) is 10.9 Å². The van der Waals surface area contributed by atoms with E-state index in [9.17, 15) is 9.59 Å². The second-order valence-electron chi connectivity index (χ2n) is 7.29. The third-order valence-electron chi connectivity index (χ3n) is 5.28. The zero-order chi connectivity index (χ0) is 20.1. The maximum atomic E-state index is 13.4. The predicted molar refractivity (Wildman–Crippen MR) is 112 cm³/mol. The van der Waals surface area contributed by atoms with Crippen molar-refractivity contribution in [3.63, 3.8) is 0 Å². The molecule has 1 aromatic carbocycles. The molecule has 1 aliphatic carbocycles. The highest BCUT2D eigenvalue weighted by molar-refractivity contribution is 7.09. The Morgan fingerprint density at radius 2 is 1.86 bits per heavy atom. The van der Waals surface area contributed by atoms with Gasteiger partial charge in [0.25, 0.3) is 5.91 Å². The van der Waals surface area contributed by atoms with E-state index in [1.807, 2.05) is 47.8 Å². The molecule has 29 heavy (non-hydrogen) atoms. The van der Waals surface area contributed by atoms with Crippen molar-refractivity contribution in [2.75, 3.05) is 0 Å². The molecule has 1 fully saturated rings. The molecule has 150 valence electrons. The fourth-order valence-electron chi connectivity index (χ4n) is 3.85. The number of furan rings is 1. The first-order valence-corrected chi connectivity index (χ1v) is 10.8. The summed E-state index contributed by atoms with van der Waals surface area (Å²) in [5, 5.41) is 5.15. The summed E-state index contributed by atoms with van der Waals surface area (Å²) < 4.78 is 5.38. The van der Waals surface area contributed by atoms with E-state index in [1.54, 1.807) is 28.4 Å². The average Bonchev–Trinajstić information content (AvgIpc) is 3.51. The Morgan fingerprint density at radius 1 is 1.07 bits per heavy atom. The van der Waals surface area contributed by atoms with E-state index in [-0.39, 0.29) is 23.6 Å². The van der Waals surface area contributed by atoms with Gasteiger partial charge in [-0.15, -0.1) is 11.3 Å². The summed E-state index contributed by atoms with van der Waals surface area (Å²) in [4.78, 5) is 29.4. The van der Waals surface area contributed by atoms with Gasteiger partial charge in [0.1, 0.15) is 6.04 Å². The Hall–Kier alpha value is -2.86. The molecule has 6 heteroatoms. The molecular weight excluding hydrogens is 384 g/mol. The molecule has 3 aromatic rings. The number of rotatable bonds is 7. The summed E-state index contributed by atoms with van der Waals surface area (Å²) in [6.07, 6.45) is 5.72. The maximum absolute atomic E-state index is 13.4. The van der Waals surface area contributed by atoms with Crippen molar-refractivity contribution < 1.29 is 14.0 Å². The van der Waals surface area contributed by atoms with Gasteiger partial charge in [0.15, 0.2) is 5.76 Å². The summed E-state index contributed by atoms with van der Waals surface area (Å²) in [7, 11) is 0. The minimum atomic E-state index is -0.725. The molecule has 0 aliphatic heterocycles. The Labute approximate surface area is 174 Å². The minimum Gasteiger partial charge on any atom is -0.459 e. The van der Waals surface area contributed by atoms with Crippen molar-refractivity contribution in [1.82, 2.24) is 10.2 Å². The molecule has 5 nitrogen and oxygen atoms in total. The monoisotopic (exact) mass is 408 g/mol. The van der Waals surface area contributed by atoms with Gasteiger partial charge < -0.3 is 14.6 Å². The zero-order valence-electron chi connectivity index (χ0n) is 16.1. The highest BCUT2D eigenvalue weighted by atomic mass is 32.1. The number of carbonyl (C=O) groups is 2. The highest BCUT2D eigenvalue weighted by Crippen LogP contribution is 2.28. The van der Waals surface area contributed by atoms with E-state index >= 15 is 0 Å². The molecule has 4 rings (SSSR count). The number of hydrogen-bond donors (Lipinski definition) is 1.